The van der Waals surface area contributed by atoms with Crippen LogP contribution in [0.25, 0.3) is 10.9 Å². The summed E-state index contributed by atoms with van der Waals surface area (Å²) >= 11 is 1.44. The lowest BCUT2D eigenvalue weighted by Gasteiger charge is -2.15. The maximum Gasteiger partial charge on any atom is 0.262 e. The van der Waals surface area contributed by atoms with Crippen molar-refractivity contribution in [2.45, 2.75) is 57.0 Å². The monoisotopic (exact) mass is 358 g/mol. The van der Waals surface area contributed by atoms with E-state index in [9.17, 15) is 4.79 Å². The van der Waals surface area contributed by atoms with E-state index in [1.54, 1.807) is 4.57 Å². The Morgan fingerprint density at radius 1 is 1.20 bits per heavy atom. The smallest absolute Gasteiger partial charge is 0.262 e. The molecule has 7 heteroatoms. The summed E-state index contributed by atoms with van der Waals surface area (Å²) in [7, 11) is 0. The molecule has 25 heavy (non-hydrogen) atoms. The van der Waals surface area contributed by atoms with Crippen molar-refractivity contribution in [3.05, 3.63) is 46.3 Å². The summed E-state index contributed by atoms with van der Waals surface area (Å²) in [6, 6.07) is 7.42. The fourth-order valence-corrected chi connectivity index (χ4v) is 3.39. The zero-order valence-electron chi connectivity index (χ0n) is 15.1. The van der Waals surface area contributed by atoms with Gasteiger partial charge in [0.2, 0.25) is 5.89 Å². The molecule has 0 bridgehead atoms. The normalized spacial score (nSPS) is 12.2. The lowest BCUT2D eigenvalue weighted by atomic mass is 9.96. The van der Waals surface area contributed by atoms with Gasteiger partial charge in [-0.1, -0.05) is 49.8 Å². The van der Waals surface area contributed by atoms with Crippen LogP contribution in [0.5, 0.6) is 0 Å². The summed E-state index contributed by atoms with van der Waals surface area (Å²) in [5.41, 5.74) is 0.519. The Morgan fingerprint density at radius 2 is 1.92 bits per heavy atom. The molecule has 0 N–H and O–H groups in total. The molecule has 0 aliphatic rings. The third-order valence-corrected chi connectivity index (χ3v) is 4.69. The summed E-state index contributed by atoms with van der Waals surface area (Å²) in [4.78, 5) is 21.9. The van der Waals surface area contributed by atoms with E-state index in [0.29, 0.717) is 33.5 Å². The van der Waals surface area contributed by atoms with Crippen LogP contribution in [0, 0.1) is 0 Å². The van der Waals surface area contributed by atoms with Gasteiger partial charge in [0, 0.05) is 11.5 Å². The number of benzene rings is 1. The molecule has 0 amide bonds. The van der Waals surface area contributed by atoms with Gasteiger partial charge in [-0.2, -0.15) is 4.98 Å². The van der Waals surface area contributed by atoms with Crippen LogP contribution in [0.2, 0.25) is 0 Å². The van der Waals surface area contributed by atoms with Gasteiger partial charge in [0.05, 0.1) is 16.7 Å². The summed E-state index contributed by atoms with van der Waals surface area (Å²) in [5.74, 6) is 1.68. The van der Waals surface area contributed by atoms with Gasteiger partial charge in [-0.15, -0.1) is 0 Å². The molecule has 0 spiro atoms. The second kappa shape index (κ2) is 6.63. The number of nitrogens with zero attached hydrogens (tertiary/aromatic N) is 4. The minimum absolute atomic E-state index is 0.0138. The molecule has 0 aliphatic heterocycles. The zero-order chi connectivity index (χ0) is 18.2. The van der Waals surface area contributed by atoms with Crippen molar-refractivity contribution in [1.82, 2.24) is 19.7 Å². The average molecular weight is 358 g/mol. The van der Waals surface area contributed by atoms with Crippen LogP contribution >= 0.6 is 11.8 Å². The number of hydrogen-bond donors (Lipinski definition) is 0. The van der Waals surface area contributed by atoms with Crippen molar-refractivity contribution in [3.63, 3.8) is 0 Å². The predicted molar refractivity (Wildman–Crippen MR) is 98.9 cm³/mol. The first-order chi connectivity index (χ1) is 11.8. The van der Waals surface area contributed by atoms with Gasteiger partial charge in [0.25, 0.3) is 5.56 Å². The Morgan fingerprint density at radius 3 is 2.56 bits per heavy atom. The van der Waals surface area contributed by atoms with Crippen LogP contribution in [0.4, 0.5) is 0 Å². The lowest BCUT2D eigenvalue weighted by Crippen LogP contribution is -2.25. The van der Waals surface area contributed by atoms with Gasteiger partial charge in [-0.3, -0.25) is 9.36 Å². The molecule has 0 fully saturated rings. The Labute approximate surface area is 150 Å². The Hall–Kier alpha value is -2.15. The van der Waals surface area contributed by atoms with Crippen molar-refractivity contribution in [1.29, 1.82) is 0 Å². The summed E-state index contributed by atoms with van der Waals surface area (Å²) < 4.78 is 7.05. The number of aromatic nitrogens is 4. The van der Waals surface area contributed by atoms with E-state index in [1.165, 1.54) is 11.8 Å². The minimum atomic E-state index is -0.159. The van der Waals surface area contributed by atoms with Crippen LogP contribution in [-0.4, -0.2) is 19.7 Å². The fraction of sp³-hybridized carbons (Fsp3) is 0.444. The highest BCUT2D eigenvalue weighted by atomic mass is 32.2. The standard InChI is InChI=1S/C18H22N4O2S/c1-11(2)22-15(23)12-8-6-7-9-13(12)19-17(22)25-10-14-20-16(21-24-14)18(3,4)5/h6-9,11H,10H2,1-5H3. The van der Waals surface area contributed by atoms with Crippen LogP contribution in [0.3, 0.4) is 0 Å². The number of fused-ring (bicyclic) bond motifs is 1. The minimum Gasteiger partial charge on any atom is -0.338 e. The van der Waals surface area contributed by atoms with Crippen LogP contribution in [0.15, 0.2) is 38.7 Å². The summed E-state index contributed by atoms with van der Waals surface area (Å²) in [6.07, 6.45) is 0. The topological polar surface area (TPSA) is 73.8 Å². The van der Waals surface area contributed by atoms with Crippen LogP contribution in [-0.2, 0) is 11.2 Å². The van der Waals surface area contributed by atoms with E-state index < -0.39 is 0 Å². The molecule has 0 aliphatic carbocycles. The van der Waals surface area contributed by atoms with E-state index in [2.05, 4.69) is 15.1 Å². The van der Waals surface area contributed by atoms with E-state index in [4.69, 9.17) is 4.52 Å². The molecular weight excluding hydrogens is 336 g/mol. The molecule has 0 saturated carbocycles. The Balaban J connectivity index is 1.94. The molecule has 132 valence electrons. The quantitative estimate of drug-likeness (QED) is 0.519. The highest BCUT2D eigenvalue weighted by Gasteiger charge is 2.21. The summed E-state index contributed by atoms with van der Waals surface area (Å²) in [5, 5.41) is 5.33. The van der Waals surface area contributed by atoms with Crippen molar-refractivity contribution < 1.29 is 4.52 Å². The molecule has 0 unspecified atom stereocenters. The van der Waals surface area contributed by atoms with E-state index in [-0.39, 0.29) is 17.0 Å². The molecule has 0 radical (unpaired) electrons. The van der Waals surface area contributed by atoms with Gasteiger partial charge in [-0.05, 0) is 26.0 Å². The van der Waals surface area contributed by atoms with Crippen LogP contribution < -0.4 is 5.56 Å². The third-order valence-electron chi connectivity index (χ3n) is 3.76. The van der Waals surface area contributed by atoms with Crippen molar-refractivity contribution in [2.24, 2.45) is 0 Å². The highest BCUT2D eigenvalue weighted by molar-refractivity contribution is 7.98. The van der Waals surface area contributed by atoms with Crippen LogP contribution in [0.1, 0.15) is 52.4 Å². The van der Waals surface area contributed by atoms with Gasteiger partial charge < -0.3 is 4.52 Å². The number of para-hydroxylation sites is 1. The molecule has 2 heterocycles. The second-order valence-electron chi connectivity index (χ2n) is 7.23. The molecule has 0 atom stereocenters. The molecule has 3 aromatic rings. The molecule has 3 rings (SSSR count). The van der Waals surface area contributed by atoms with E-state index >= 15 is 0 Å². The van der Waals surface area contributed by atoms with E-state index in [1.807, 2.05) is 58.9 Å². The van der Waals surface area contributed by atoms with Crippen molar-refractivity contribution in [3.8, 4) is 0 Å². The first-order valence-electron chi connectivity index (χ1n) is 8.24. The SMILES string of the molecule is CC(C)n1c(SCc2nc(C(C)(C)C)no2)nc2ccccc2c1=O. The maximum absolute atomic E-state index is 12.8. The lowest BCUT2D eigenvalue weighted by molar-refractivity contribution is 0.372. The molecule has 0 saturated heterocycles. The fourth-order valence-electron chi connectivity index (χ4n) is 2.43. The highest BCUT2D eigenvalue weighted by Crippen LogP contribution is 2.25. The first-order valence-corrected chi connectivity index (χ1v) is 9.23. The van der Waals surface area contributed by atoms with Gasteiger partial charge in [0.1, 0.15) is 0 Å². The maximum atomic E-state index is 12.8. The largest absolute Gasteiger partial charge is 0.338 e. The average Bonchev–Trinajstić information content (AvgIpc) is 3.02. The molecule has 1 aromatic carbocycles. The van der Waals surface area contributed by atoms with Gasteiger partial charge in [0.15, 0.2) is 11.0 Å². The van der Waals surface area contributed by atoms with Gasteiger partial charge in [-0.25, -0.2) is 4.98 Å². The summed E-state index contributed by atoms with van der Waals surface area (Å²) in [6.45, 7) is 10.1. The third kappa shape index (κ3) is 3.61. The zero-order valence-corrected chi connectivity index (χ0v) is 15.9. The number of rotatable bonds is 4. The van der Waals surface area contributed by atoms with Gasteiger partial charge >= 0.3 is 0 Å². The second-order valence-corrected chi connectivity index (χ2v) is 8.17. The van der Waals surface area contributed by atoms with E-state index in [0.717, 1.165) is 0 Å². The molecular formula is C18H22N4O2S. The molecule has 6 nitrogen and oxygen atoms in total. The van der Waals surface area contributed by atoms with Crippen molar-refractivity contribution >= 4 is 22.7 Å². The predicted octanol–water partition coefficient (Wildman–Crippen LogP) is 3.95. The number of thioether (sulfide) groups is 1. The molecule has 2 aromatic heterocycles. The first kappa shape index (κ1) is 17.7. The Kier molecular flexibility index (Phi) is 4.69. The van der Waals surface area contributed by atoms with Crippen molar-refractivity contribution in [2.75, 3.05) is 0 Å². The number of hydrogen-bond acceptors (Lipinski definition) is 6. The Bertz CT molecular complexity index is 954.